The molecule has 0 bridgehead atoms. The molecule has 4 nitrogen and oxygen atoms in total. The number of carbonyl (C=O) groups is 2. The smallest absolute Gasteiger partial charge is 0.254 e. The average Bonchev–Trinajstić information content (AvgIpc) is 2.28. The standard InChI is InChI=1S/C13H17FN2O2/c1-9(2)16-12(17)7-8-15-13(18)10-5-3-4-6-11(10)14/h3-6,9H,7-8H2,1-2H3,(H,15,18)(H,16,17). The molecule has 0 unspecified atom stereocenters. The molecule has 1 aromatic rings. The van der Waals surface area contributed by atoms with Crippen molar-refractivity contribution in [2.75, 3.05) is 6.54 Å². The van der Waals surface area contributed by atoms with Crippen molar-refractivity contribution in [2.24, 2.45) is 0 Å². The molecule has 0 aliphatic heterocycles. The molecule has 0 heterocycles. The number of benzene rings is 1. The third-order valence-electron chi connectivity index (χ3n) is 2.21. The summed E-state index contributed by atoms with van der Waals surface area (Å²) in [5, 5.41) is 5.21. The Kier molecular flexibility index (Phi) is 5.30. The highest BCUT2D eigenvalue weighted by Gasteiger charge is 2.10. The summed E-state index contributed by atoms with van der Waals surface area (Å²) >= 11 is 0. The van der Waals surface area contributed by atoms with Crippen molar-refractivity contribution in [3.05, 3.63) is 35.6 Å². The van der Waals surface area contributed by atoms with Gasteiger partial charge in [0.05, 0.1) is 5.56 Å². The van der Waals surface area contributed by atoms with E-state index in [1.54, 1.807) is 6.07 Å². The van der Waals surface area contributed by atoms with E-state index in [1.165, 1.54) is 18.2 Å². The predicted octanol–water partition coefficient (Wildman–Crippen LogP) is 1.47. The second-order valence-electron chi connectivity index (χ2n) is 4.21. The number of amides is 2. The summed E-state index contributed by atoms with van der Waals surface area (Å²) in [5.41, 5.74) is -0.0123. The van der Waals surface area contributed by atoms with Crippen LogP contribution >= 0.6 is 0 Å². The zero-order valence-electron chi connectivity index (χ0n) is 10.5. The highest BCUT2D eigenvalue weighted by Crippen LogP contribution is 2.05. The van der Waals surface area contributed by atoms with Crippen LogP contribution in [0.1, 0.15) is 30.6 Å². The number of nitrogens with one attached hydrogen (secondary N) is 2. The van der Waals surface area contributed by atoms with E-state index in [4.69, 9.17) is 0 Å². The van der Waals surface area contributed by atoms with E-state index in [2.05, 4.69) is 10.6 Å². The van der Waals surface area contributed by atoms with Gasteiger partial charge in [-0.3, -0.25) is 9.59 Å². The van der Waals surface area contributed by atoms with Crippen LogP contribution in [0.4, 0.5) is 4.39 Å². The van der Waals surface area contributed by atoms with Crippen LogP contribution in [0.2, 0.25) is 0 Å². The first-order valence-corrected chi connectivity index (χ1v) is 5.83. The molecule has 0 aliphatic carbocycles. The van der Waals surface area contributed by atoms with E-state index in [0.717, 1.165) is 0 Å². The molecule has 0 aromatic heterocycles. The van der Waals surface area contributed by atoms with Gasteiger partial charge in [-0.2, -0.15) is 0 Å². The second kappa shape index (κ2) is 6.74. The third kappa shape index (κ3) is 4.53. The van der Waals surface area contributed by atoms with Crippen molar-refractivity contribution in [1.29, 1.82) is 0 Å². The Labute approximate surface area is 106 Å². The van der Waals surface area contributed by atoms with Gasteiger partial charge in [-0.25, -0.2) is 4.39 Å². The summed E-state index contributed by atoms with van der Waals surface area (Å²) in [6.07, 6.45) is 0.179. The van der Waals surface area contributed by atoms with Gasteiger partial charge in [-0.1, -0.05) is 12.1 Å². The highest BCUT2D eigenvalue weighted by atomic mass is 19.1. The molecule has 1 rings (SSSR count). The van der Waals surface area contributed by atoms with E-state index in [9.17, 15) is 14.0 Å². The maximum Gasteiger partial charge on any atom is 0.254 e. The fourth-order valence-corrected chi connectivity index (χ4v) is 1.42. The van der Waals surface area contributed by atoms with E-state index in [-0.39, 0.29) is 30.5 Å². The van der Waals surface area contributed by atoms with Gasteiger partial charge in [0.2, 0.25) is 5.91 Å². The molecule has 98 valence electrons. The van der Waals surface area contributed by atoms with Gasteiger partial charge in [0.1, 0.15) is 5.82 Å². The van der Waals surface area contributed by atoms with Crippen LogP contribution in [0.3, 0.4) is 0 Å². The van der Waals surface area contributed by atoms with Crippen LogP contribution in [-0.2, 0) is 4.79 Å². The van der Waals surface area contributed by atoms with Crippen molar-refractivity contribution in [2.45, 2.75) is 26.3 Å². The van der Waals surface area contributed by atoms with Crippen molar-refractivity contribution >= 4 is 11.8 Å². The fourth-order valence-electron chi connectivity index (χ4n) is 1.42. The van der Waals surface area contributed by atoms with Gasteiger partial charge in [0.15, 0.2) is 0 Å². The largest absolute Gasteiger partial charge is 0.354 e. The van der Waals surface area contributed by atoms with Gasteiger partial charge in [-0.05, 0) is 26.0 Å². The monoisotopic (exact) mass is 252 g/mol. The minimum Gasteiger partial charge on any atom is -0.354 e. The Hall–Kier alpha value is -1.91. The minimum absolute atomic E-state index is 0.0123. The molecular formula is C13H17FN2O2. The Morgan fingerprint density at radius 3 is 2.56 bits per heavy atom. The lowest BCUT2D eigenvalue weighted by Gasteiger charge is -2.09. The van der Waals surface area contributed by atoms with E-state index in [1.807, 2.05) is 13.8 Å². The lowest BCUT2D eigenvalue weighted by molar-refractivity contribution is -0.121. The number of hydrogen-bond acceptors (Lipinski definition) is 2. The van der Waals surface area contributed by atoms with Gasteiger partial charge in [-0.15, -0.1) is 0 Å². The molecule has 0 saturated carbocycles. The molecule has 0 atom stereocenters. The van der Waals surface area contributed by atoms with E-state index >= 15 is 0 Å². The van der Waals surface area contributed by atoms with Crippen LogP contribution in [0.15, 0.2) is 24.3 Å². The number of rotatable bonds is 5. The summed E-state index contributed by atoms with van der Waals surface area (Å²) in [7, 11) is 0. The van der Waals surface area contributed by atoms with Crippen LogP contribution in [0.5, 0.6) is 0 Å². The first kappa shape index (κ1) is 14.2. The Balaban J connectivity index is 2.39. The molecule has 18 heavy (non-hydrogen) atoms. The summed E-state index contributed by atoms with van der Waals surface area (Å²) in [4.78, 5) is 22.9. The lowest BCUT2D eigenvalue weighted by atomic mass is 10.2. The maximum absolute atomic E-state index is 13.3. The molecule has 2 amide bonds. The molecule has 0 saturated heterocycles. The van der Waals surface area contributed by atoms with Crippen LogP contribution in [-0.4, -0.2) is 24.4 Å². The normalized spacial score (nSPS) is 10.2. The topological polar surface area (TPSA) is 58.2 Å². The Bertz CT molecular complexity index is 433. The zero-order valence-corrected chi connectivity index (χ0v) is 10.5. The number of carbonyl (C=O) groups excluding carboxylic acids is 2. The summed E-state index contributed by atoms with van der Waals surface area (Å²) in [5.74, 6) is -1.22. The first-order valence-electron chi connectivity index (χ1n) is 5.83. The van der Waals surface area contributed by atoms with Crippen LogP contribution in [0.25, 0.3) is 0 Å². The summed E-state index contributed by atoms with van der Waals surface area (Å²) < 4.78 is 13.3. The molecule has 0 aliphatic rings. The molecular weight excluding hydrogens is 235 g/mol. The van der Waals surface area contributed by atoms with Gasteiger partial charge >= 0.3 is 0 Å². The lowest BCUT2D eigenvalue weighted by Crippen LogP contribution is -2.34. The minimum atomic E-state index is -0.568. The molecule has 0 spiro atoms. The van der Waals surface area contributed by atoms with Crippen molar-refractivity contribution in [3.8, 4) is 0 Å². The van der Waals surface area contributed by atoms with Gasteiger partial charge in [0.25, 0.3) is 5.91 Å². The van der Waals surface area contributed by atoms with E-state index < -0.39 is 11.7 Å². The Morgan fingerprint density at radius 1 is 1.28 bits per heavy atom. The molecule has 1 aromatic carbocycles. The average molecular weight is 252 g/mol. The zero-order chi connectivity index (χ0) is 13.5. The molecule has 5 heteroatoms. The first-order chi connectivity index (χ1) is 8.50. The third-order valence-corrected chi connectivity index (χ3v) is 2.21. The Morgan fingerprint density at radius 2 is 1.94 bits per heavy atom. The summed E-state index contributed by atoms with van der Waals surface area (Å²) in [6.45, 7) is 3.90. The van der Waals surface area contributed by atoms with Crippen LogP contribution < -0.4 is 10.6 Å². The number of halogens is 1. The van der Waals surface area contributed by atoms with Gasteiger partial charge < -0.3 is 10.6 Å². The van der Waals surface area contributed by atoms with Crippen molar-refractivity contribution < 1.29 is 14.0 Å². The highest BCUT2D eigenvalue weighted by molar-refractivity contribution is 5.94. The van der Waals surface area contributed by atoms with Crippen molar-refractivity contribution in [1.82, 2.24) is 10.6 Å². The van der Waals surface area contributed by atoms with Crippen molar-refractivity contribution in [3.63, 3.8) is 0 Å². The molecule has 2 N–H and O–H groups in total. The molecule has 0 fully saturated rings. The predicted molar refractivity (Wildman–Crippen MR) is 66.6 cm³/mol. The second-order valence-corrected chi connectivity index (χ2v) is 4.21. The van der Waals surface area contributed by atoms with E-state index in [0.29, 0.717) is 0 Å². The van der Waals surface area contributed by atoms with Gasteiger partial charge in [0, 0.05) is 19.0 Å². The molecule has 0 radical (unpaired) electrons. The quantitative estimate of drug-likeness (QED) is 0.833. The number of hydrogen-bond donors (Lipinski definition) is 2. The SMILES string of the molecule is CC(C)NC(=O)CCNC(=O)c1ccccc1F. The fraction of sp³-hybridized carbons (Fsp3) is 0.385. The van der Waals surface area contributed by atoms with Crippen LogP contribution in [0, 0.1) is 5.82 Å². The maximum atomic E-state index is 13.3. The summed E-state index contributed by atoms with van der Waals surface area (Å²) in [6, 6.07) is 5.80.